The van der Waals surface area contributed by atoms with E-state index in [1.54, 1.807) is 0 Å². The van der Waals surface area contributed by atoms with Gasteiger partial charge in [-0.05, 0) is 51.4 Å². The van der Waals surface area contributed by atoms with E-state index in [2.05, 4.69) is 43.5 Å². The van der Waals surface area contributed by atoms with Crippen LogP contribution in [-0.4, -0.2) is 46.1 Å². The third kappa shape index (κ3) is 37.2. The van der Waals surface area contributed by atoms with Gasteiger partial charge in [0.05, 0.1) is 18.8 Å². The van der Waals surface area contributed by atoms with Crippen LogP contribution in [0, 0.1) is 0 Å². The summed E-state index contributed by atoms with van der Waals surface area (Å²) in [7, 11) is 0. The van der Waals surface area contributed by atoms with Crippen LogP contribution in [0.3, 0.4) is 0 Å². The van der Waals surface area contributed by atoms with Crippen LogP contribution in [0.25, 0.3) is 0 Å². The molecule has 0 aliphatic carbocycles. The molecule has 0 heterocycles. The Labute approximate surface area is 324 Å². The topological polar surface area (TPSA) is 89.8 Å². The molecule has 3 unspecified atom stereocenters. The first-order chi connectivity index (χ1) is 25.6. The molecule has 0 aliphatic heterocycles. The van der Waals surface area contributed by atoms with E-state index in [1.807, 2.05) is 0 Å². The smallest absolute Gasteiger partial charge is 0.220 e. The van der Waals surface area contributed by atoms with Crippen molar-refractivity contribution in [3.8, 4) is 0 Å². The molecule has 0 spiro atoms. The highest BCUT2D eigenvalue weighted by Gasteiger charge is 2.26. The molecule has 3 atom stereocenters. The van der Waals surface area contributed by atoms with Gasteiger partial charge in [0, 0.05) is 6.42 Å². The highest BCUT2D eigenvalue weighted by Crippen LogP contribution is 2.16. The summed E-state index contributed by atoms with van der Waals surface area (Å²) in [5.74, 6) is -0.156. The Kier molecular flexibility index (Phi) is 41.6. The Morgan fingerprint density at radius 1 is 0.462 bits per heavy atom. The maximum absolute atomic E-state index is 12.4. The third-order valence-electron chi connectivity index (χ3n) is 10.8. The number of amides is 1. The van der Waals surface area contributed by atoms with Gasteiger partial charge in [0.2, 0.25) is 5.91 Å². The lowest BCUT2D eigenvalue weighted by molar-refractivity contribution is -0.124. The summed E-state index contributed by atoms with van der Waals surface area (Å²) in [5.41, 5.74) is 0. The van der Waals surface area contributed by atoms with Gasteiger partial charge in [0.1, 0.15) is 6.10 Å². The Bertz CT molecular complexity index is 768. The molecule has 0 aliphatic rings. The van der Waals surface area contributed by atoms with Crippen molar-refractivity contribution >= 4 is 5.91 Å². The van der Waals surface area contributed by atoms with Crippen LogP contribution in [0.5, 0.6) is 0 Å². The zero-order chi connectivity index (χ0) is 38.0. The molecule has 4 N–H and O–H groups in total. The molecular weight excluding hydrogens is 643 g/mol. The molecule has 1 amide bonds. The quantitative estimate of drug-likeness (QED) is 0.0371. The second-order valence-corrected chi connectivity index (χ2v) is 16.0. The van der Waals surface area contributed by atoms with E-state index in [4.69, 9.17) is 0 Å². The SMILES string of the molecule is CCCCCCCCCCCCCCCC/C=C/CC/C=C/CCCC(O)C(O)C(CO)NC(=O)CCCCCCCCCCCCCCCCC. The molecule has 0 saturated heterocycles. The number of hydrogen-bond donors (Lipinski definition) is 4. The largest absolute Gasteiger partial charge is 0.394 e. The normalized spacial score (nSPS) is 13.7. The fraction of sp³-hybridized carbons (Fsp3) is 0.894. The van der Waals surface area contributed by atoms with E-state index in [-0.39, 0.29) is 12.5 Å². The highest BCUT2D eigenvalue weighted by atomic mass is 16.3. The van der Waals surface area contributed by atoms with Gasteiger partial charge in [-0.25, -0.2) is 0 Å². The molecule has 0 fully saturated rings. The van der Waals surface area contributed by atoms with Crippen molar-refractivity contribution in [3.63, 3.8) is 0 Å². The van der Waals surface area contributed by atoms with E-state index in [0.29, 0.717) is 12.8 Å². The van der Waals surface area contributed by atoms with Crippen LogP contribution in [0.1, 0.15) is 245 Å². The van der Waals surface area contributed by atoms with Crippen molar-refractivity contribution in [1.29, 1.82) is 0 Å². The summed E-state index contributed by atoms with van der Waals surface area (Å²) in [6, 6.07) is -0.828. The average Bonchev–Trinajstić information content (AvgIpc) is 3.15. The van der Waals surface area contributed by atoms with Crippen LogP contribution in [0.2, 0.25) is 0 Å². The van der Waals surface area contributed by atoms with Gasteiger partial charge >= 0.3 is 0 Å². The van der Waals surface area contributed by atoms with E-state index in [9.17, 15) is 20.1 Å². The third-order valence-corrected chi connectivity index (χ3v) is 10.8. The molecule has 5 heteroatoms. The number of hydrogen-bond acceptors (Lipinski definition) is 4. The average molecular weight is 734 g/mol. The zero-order valence-corrected chi connectivity index (χ0v) is 35.0. The van der Waals surface area contributed by atoms with Gasteiger partial charge < -0.3 is 20.6 Å². The number of rotatable bonds is 42. The standard InChI is InChI=1S/C47H91NO4/c1-3-5-7-9-11-13-15-17-19-20-21-22-23-24-25-26-28-29-31-33-35-37-39-41-45(50)47(52)44(43-49)48-46(51)42-40-38-36-34-32-30-27-18-16-14-12-10-8-6-4-2/h26,28,33,35,44-45,47,49-50,52H,3-25,27,29-32,34,36-43H2,1-2H3,(H,48,51)/b28-26+,35-33+. The van der Waals surface area contributed by atoms with Crippen molar-refractivity contribution in [3.05, 3.63) is 24.3 Å². The second kappa shape index (κ2) is 42.6. The van der Waals surface area contributed by atoms with Gasteiger partial charge in [-0.15, -0.1) is 0 Å². The zero-order valence-electron chi connectivity index (χ0n) is 35.0. The van der Waals surface area contributed by atoms with E-state index >= 15 is 0 Å². The van der Waals surface area contributed by atoms with Crippen LogP contribution in [0.15, 0.2) is 24.3 Å². The fourth-order valence-electron chi connectivity index (χ4n) is 7.18. The van der Waals surface area contributed by atoms with Crippen molar-refractivity contribution in [1.82, 2.24) is 5.32 Å². The minimum atomic E-state index is -1.16. The molecule has 0 aromatic carbocycles. The Morgan fingerprint density at radius 3 is 1.17 bits per heavy atom. The van der Waals surface area contributed by atoms with Crippen molar-refractivity contribution < 1.29 is 20.1 Å². The number of allylic oxidation sites excluding steroid dienone is 4. The number of nitrogens with one attached hydrogen (secondary N) is 1. The van der Waals surface area contributed by atoms with E-state index in [0.717, 1.165) is 44.9 Å². The molecule has 52 heavy (non-hydrogen) atoms. The van der Waals surface area contributed by atoms with E-state index in [1.165, 1.54) is 173 Å². The first-order valence-electron chi connectivity index (χ1n) is 23.1. The summed E-state index contributed by atoms with van der Waals surface area (Å²) in [6.07, 6.45) is 51.5. The van der Waals surface area contributed by atoms with Crippen molar-refractivity contribution in [2.24, 2.45) is 0 Å². The summed E-state index contributed by atoms with van der Waals surface area (Å²) in [4.78, 5) is 12.4. The van der Waals surface area contributed by atoms with Gasteiger partial charge in [-0.2, -0.15) is 0 Å². The van der Waals surface area contributed by atoms with Crippen molar-refractivity contribution in [2.45, 2.75) is 263 Å². The summed E-state index contributed by atoms with van der Waals surface area (Å²) in [5, 5.41) is 33.5. The Balaban J connectivity index is 3.65. The number of aliphatic hydroxyl groups is 3. The predicted octanol–water partition coefficient (Wildman–Crippen LogP) is 13.4. The first-order valence-corrected chi connectivity index (χ1v) is 23.1. The monoisotopic (exact) mass is 734 g/mol. The van der Waals surface area contributed by atoms with Crippen molar-refractivity contribution in [2.75, 3.05) is 6.61 Å². The number of carbonyl (C=O) groups excluding carboxylic acids is 1. The summed E-state index contributed by atoms with van der Waals surface area (Å²) < 4.78 is 0. The lowest BCUT2D eigenvalue weighted by Gasteiger charge is -2.26. The van der Waals surface area contributed by atoms with Gasteiger partial charge in [-0.3, -0.25) is 4.79 Å². The first kappa shape index (κ1) is 50.8. The molecule has 0 rings (SSSR count). The maximum atomic E-state index is 12.4. The molecular formula is C47H91NO4. The fourth-order valence-corrected chi connectivity index (χ4v) is 7.18. The van der Waals surface area contributed by atoms with E-state index < -0.39 is 18.2 Å². The second-order valence-electron chi connectivity index (χ2n) is 16.0. The maximum Gasteiger partial charge on any atom is 0.220 e. The molecule has 308 valence electrons. The number of carbonyl (C=O) groups is 1. The number of unbranched alkanes of at least 4 members (excludes halogenated alkanes) is 30. The van der Waals surface area contributed by atoms with Gasteiger partial charge in [0.15, 0.2) is 0 Å². The minimum Gasteiger partial charge on any atom is -0.394 e. The molecule has 0 aromatic heterocycles. The minimum absolute atomic E-state index is 0.156. The summed E-state index contributed by atoms with van der Waals surface area (Å²) in [6.45, 7) is 4.18. The van der Waals surface area contributed by atoms with Crippen LogP contribution >= 0.6 is 0 Å². The van der Waals surface area contributed by atoms with Gasteiger partial charge in [-0.1, -0.05) is 212 Å². The Morgan fingerprint density at radius 2 is 0.788 bits per heavy atom. The van der Waals surface area contributed by atoms with Crippen LogP contribution in [0.4, 0.5) is 0 Å². The summed E-state index contributed by atoms with van der Waals surface area (Å²) >= 11 is 0. The highest BCUT2D eigenvalue weighted by molar-refractivity contribution is 5.76. The molecule has 0 saturated carbocycles. The molecule has 5 nitrogen and oxygen atoms in total. The van der Waals surface area contributed by atoms with Crippen LogP contribution in [-0.2, 0) is 4.79 Å². The Hall–Kier alpha value is -1.17. The predicted molar refractivity (Wildman–Crippen MR) is 227 cm³/mol. The van der Waals surface area contributed by atoms with Gasteiger partial charge in [0.25, 0.3) is 0 Å². The number of aliphatic hydroxyl groups excluding tert-OH is 3. The lowest BCUT2D eigenvalue weighted by atomic mass is 10.0. The molecule has 0 radical (unpaired) electrons. The molecule has 0 bridgehead atoms. The molecule has 0 aromatic rings. The van der Waals surface area contributed by atoms with Crippen LogP contribution < -0.4 is 5.32 Å². The lowest BCUT2D eigenvalue weighted by Crippen LogP contribution is -2.50.